The van der Waals surface area contributed by atoms with Crippen molar-refractivity contribution in [2.24, 2.45) is 0 Å². The molecule has 0 radical (unpaired) electrons. The molecule has 0 saturated carbocycles. The number of carbonyl (C=O) groups excluding carboxylic acids is 1. The zero-order chi connectivity index (χ0) is 24.9. The Kier molecular flexibility index (Phi) is 6.73. The summed E-state index contributed by atoms with van der Waals surface area (Å²) in [4.78, 5) is 11.1. The van der Waals surface area contributed by atoms with E-state index in [4.69, 9.17) is 4.74 Å². The van der Waals surface area contributed by atoms with Crippen LogP contribution in [0.3, 0.4) is 0 Å². The van der Waals surface area contributed by atoms with Crippen molar-refractivity contribution < 1.29 is 28.5 Å². The highest BCUT2D eigenvalue weighted by atomic mass is 19.1. The van der Waals surface area contributed by atoms with Gasteiger partial charge < -0.3 is 14.9 Å². The molecule has 6 nitrogen and oxygen atoms in total. The van der Waals surface area contributed by atoms with Crippen molar-refractivity contribution in [3.63, 3.8) is 0 Å². The molecule has 0 saturated heterocycles. The van der Waals surface area contributed by atoms with Gasteiger partial charge in [-0.3, -0.25) is 4.79 Å². The van der Waals surface area contributed by atoms with Crippen LogP contribution in [0.15, 0.2) is 60.7 Å². The first-order valence-electron chi connectivity index (χ1n) is 10.4. The van der Waals surface area contributed by atoms with Crippen LogP contribution in [-0.2, 0) is 0 Å². The van der Waals surface area contributed by atoms with E-state index in [1.54, 1.807) is 48.6 Å². The Bertz CT molecular complexity index is 1440. The van der Waals surface area contributed by atoms with Gasteiger partial charge in [0.05, 0.1) is 29.7 Å². The summed E-state index contributed by atoms with van der Waals surface area (Å²) in [5.41, 5.74) is 2.74. The Morgan fingerprint density at radius 1 is 0.829 bits per heavy atom. The Morgan fingerprint density at radius 2 is 1.49 bits per heavy atom. The van der Waals surface area contributed by atoms with Crippen molar-refractivity contribution in [2.75, 3.05) is 7.11 Å². The maximum atomic E-state index is 13.9. The normalized spacial score (nSPS) is 11.4. The fourth-order valence-electron chi connectivity index (χ4n) is 3.42. The molecule has 1 heterocycles. The number of hydrogen-bond donors (Lipinski definition) is 2. The first-order valence-corrected chi connectivity index (χ1v) is 10.4. The Labute approximate surface area is 199 Å². The highest BCUT2D eigenvalue weighted by Crippen LogP contribution is 2.27. The van der Waals surface area contributed by atoms with Crippen molar-refractivity contribution >= 4 is 30.6 Å². The van der Waals surface area contributed by atoms with Gasteiger partial charge >= 0.3 is 0 Å². The Morgan fingerprint density at radius 3 is 2.17 bits per heavy atom. The van der Waals surface area contributed by atoms with E-state index in [-0.39, 0.29) is 22.7 Å². The van der Waals surface area contributed by atoms with Gasteiger partial charge in [-0.2, -0.15) is 5.10 Å². The molecule has 0 amide bonds. The molecule has 2 N–H and O–H groups in total. The molecule has 0 aliphatic carbocycles. The summed E-state index contributed by atoms with van der Waals surface area (Å²) >= 11 is 0. The Hall–Kier alpha value is -4.72. The summed E-state index contributed by atoms with van der Waals surface area (Å²) in [7, 11) is 1.45. The van der Waals surface area contributed by atoms with Crippen molar-refractivity contribution in [1.29, 1.82) is 0 Å². The lowest BCUT2D eigenvalue weighted by Crippen LogP contribution is -2.00. The number of aromatic hydroxyl groups is 2. The maximum Gasteiger partial charge on any atom is 0.161 e. The molecule has 0 aliphatic rings. The second-order valence-corrected chi connectivity index (χ2v) is 7.57. The molecule has 4 aromatic rings. The standard InChI is InChI=1S/C27H20F2N2O4/c1-35-27-11-18(5-9-26(27)34)3-7-23-15-22(6-2-17-4-8-25(33)19(10-17)16-32)30-31(23)24-13-20(28)12-21(29)14-24/h2-16,33-34H,1H3/b6-2+,7-3+. The van der Waals surface area contributed by atoms with Crippen molar-refractivity contribution in [1.82, 2.24) is 9.78 Å². The zero-order valence-corrected chi connectivity index (χ0v) is 18.5. The minimum atomic E-state index is -0.740. The van der Waals surface area contributed by atoms with E-state index in [2.05, 4.69) is 5.10 Å². The third-order valence-corrected chi connectivity index (χ3v) is 5.12. The van der Waals surface area contributed by atoms with E-state index in [9.17, 15) is 23.8 Å². The maximum absolute atomic E-state index is 13.9. The number of halogens is 2. The number of nitrogens with zero attached hydrogens (tertiary/aromatic N) is 2. The molecule has 176 valence electrons. The van der Waals surface area contributed by atoms with Crippen LogP contribution in [0.2, 0.25) is 0 Å². The predicted octanol–water partition coefficient (Wildman–Crippen LogP) is 5.72. The number of aromatic nitrogens is 2. The van der Waals surface area contributed by atoms with Gasteiger partial charge in [0.2, 0.25) is 0 Å². The molecule has 3 aromatic carbocycles. The summed E-state index contributed by atoms with van der Waals surface area (Å²) in [5, 5.41) is 23.9. The lowest BCUT2D eigenvalue weighted by molar-refractivity contribution is 0.112. The van der Waals surface area contributed by atoms with Crippen LogP contribution >= 0.6 is 0 Å². The van der Waals surface area contributed by atoms with Gasteiger partial charge in [0.15, 0.2) is 17.8 Å². The molecule has 0 fully saturated rings. The summed E-state index contributed by atoms with van der Waals surface area (Å²) in [6, 6.07) is 14.2. The number of hydrogen-bond acceptors (Lipinski definition) is 5. The van der Waals surface area contributed by atoms with E-state index in [0.29, 0.717) is 29.0 Å². The highest BCUT2D eigenvalue weighted by Gasteiger charge is 2.10. The van der Waals surface area contributed by atoms with E-state index in [1.165, 1.54) is 42.1 Å². The minimum absolute atomic E-state index is 0.00400. The smallest absolute Gasteiger partial charge is 0.161 e. The molecule has 35 heavy (non-hydrogen) atoms. The number of rotatable bonds is 7. The topological polar surface area (TPSA) is 84.6 Å². The van der Waals surface area contributed by atoms with Gasteiger partial charge in [-0.15, -0.1) is 0 Å². The van der Waals surface area contributed by atoms with Crippen LogP contribution in [0, 0.1) is 11.6 Å². The summed E-state index contributed by atoms with van der Waals surface area (Å²) in [6.45, 7) is 0. The predicted molar refractivity (Wildman–Crippen MR) is 129 cm³/mol. The quantitative estimate of drug-likeness (QED) is 0.335. The summed E-state index contributed by atoms with van der Waals surface area (Å²) in [6.07, 6.45) is 7.39. The molecular formula is C27H20F2N2O4. The number of ether oxygens (including phenoxy) is 1. The molecule has 0 atom stereocenters. The number of phenols is 2. The first kappa shape index (κ1) is 23.4. The number of carbonyl (C=O) groups is 1. The second kappa shape index (κ2) is 10.0. The van der Waals surface area contributed by atoms with Gasteiger partial charge in [0.1, 0.15) is 17.4 Å². The Balaban J connectivity index is 1.73. The average Bonchev–Trinajstić information content (AvgIpc) is 3.25. The summed E-state index contributed by atoms with van der Waals surface area (Å²) in [5.74, 6) is -1.29. The monoisotopic (exact) mass is 474 g/mol. The molecule has 0 spiro atoms. The molecule has 0 bridgehead atoms. The van der Waals surface area contributed by atoms with E-state index in [0.717, 1.165) is 11.6 Å². The first-order chi connectivity index (χ1) is 16.9. The van der Waals surface area contributed by atoms with Crippen molar-refractivity contribution in [3.05, 3.63) is 100 Å². The fraction of sp³-hybridized carbons (Fsp3) is 0.0370. The molecule has 1 aromatic heterocycles. The number of benzene rings is 3. The van der Waals surface area contributed by atoms with Gasteiger partial charge in [0, 0.05) is 6.07 Å². The largest absolute Gasteiger partial charge is 0.507 e. The minimum Gasteiger partial charge on any atom is -0.507 e. The van der Waals surface area contributed by atoms with Gasteiger partial charge in [0.25, 0.3) is 0 Å². The third-order valence-electron chi connectivity index (χ3n) is 5.12. The van der Waals surface area contributed by atoms with Gasteiger partial charge in [-0.05, 0) is 65.7 Å². The van der Waals surface area contributed by atoms with Crippen LogP contribution in [0.25, 0.3) is 30.0 Å². The third kappa shape index (κ3) is 5.44. The molecule has 4 rings (SSSR count). The van der Waals surface area contributed by atoms with Crippen LogP contribution in [0.4, 0.5) is 8.78 Å². The van der Waals surface area contributed by atoms with Crippen molar-refractivity contribution in [3.8, 4) is 22.9 Å². The fourth-order valence-corrected chi connectivity index (χ4v) is 3.42. The van der Waals surface area contributed by atoms with Gasteiger partial charge in [-0.1, -0.05) is 24.3 Å². The van der Waals surface area contributed by atoms with Crippen LogP contribution in [0.1, 0.15) is 32.9 Å². The molecule has 8 heteroatoms. The zero-order valence-electron chi connectivity index (χ0n) is 18.5. The lowest BCUT2D eigenvalue weighted by Gasteiger charge is -2.06. The molecular weight excluding hydrogens is 454 g/mol. The number of methoxy groups -OCH3 is 1. The molecule has 0 aliphatic heterocycles. The van der Waals surface area contributed by atoms with Crippen LogP contribution in [-0.4, -0.2) is 33.4 Å². The summed E-state index contributed by atoms with van der Waals surface area (Å²) < 4.78 is 34.3. The van der Waals surface area contributed by atoms with E-state index >= 15 is 0 Å². The second-order valence-electron chi connectivity index (χ2n) is 7.57. The van der Waals surface area contributed by atoms with Gasteiger partial charge in [-0.25, -0.2) is 13.5 Å². The lowest BCUT2D eigenvalue weighted by atomic mass is 10.1. The van der Waals surface area contributed by atoms with E-state index < -0.39 is 11.6 Å². The van der Waals surface area contributed by atoms with E-state index in [1.807, 2.05) is 0 Å². The number of aldehydes is 1. The average molecular weight is 474 g/mol. The molecule has 0 unspecified atom stereocenters. The van der Waals surface area contributed by atoms with Crippen molar-refractivity contribution in [2.45, 2.75) is 0 Å². The highest BCUT2D eigenvalue weighted by molar-refractivity contribution is 5.82. The van der Waals surface area contributed by atoms with Crippen LogP contribution < -0.4 is 4.74 Å². The number of phenolic OH excluding ortho intramolecular Hbond substituents is 2. The SMILES string of the molecule is COc1cc(/C=C/c2cc(/C=C/c3ccc(O)c(C=O)c3)nn2-c2cc(F)cc(F)c2)ccc1O. The van der Waals surface area contributed by atoms with Crippen LogP contribution in [0.5, 0.6) is 17.2 Å².